The fraction of sp³-hybridized carbons (Fsp3) is 0.308. The number of aromatic nitrogens is 2. The summed E-state index contributed by atoms with van der Waals surface area (Å²) in [5.74, 6) is 0. The minimum absolute atomic E-state index is 1.22. The van der Waals surface area contributed by atoms with E-state index in [9.17, 15) is 0 Å². The molecular formula is C13H17BN2. The van der Waals surface area contributed by atoms with Crippen molar-refractivity contribution in [2.75, 3.05) is 0 Å². The summed E-state index contributed by atoms with van der Waals surface area (Å²) in [4.78, 5) is 0. The van der Waals surface area contributed by atoms with Crippen molar-refractivity contribution >= 4 is 18.5 Å². The van der Waals surface area contributed by atoms with Gasteiger partial charge in [0.15, 0.2) is 0 Å². The van der Waals surface area contributed by atoms with Crippen LogP contribution in [0, 0.1) is 13.8 Å². The standard InChI is InChI=1S/C13H17BN2/c1-10-11(2)16(4)13(15(10)3)14-12-8-6-5-7-9-12/h5-9H,1-4H3. The third kappa shape index (κ3) is 1.78. The van der Waals surface area contributed by atoms with Gasteiger partial charge in [-0.25, -0.2) is 0 Å². The SMILES string of the molecule is Cc1c(C)[n+](C)c([B-]c2ccccc2)n1C. The summed E-state index contributed by atoms with van der Waals surface area (Å²) in [7, 11) is 6.42. The van der Waals surface area contributed by atoms with E-state index in [4.69, 9.17) is 0 Å². The van der Waals surface area contributed by atoms with E-state index in [0.717, 1.165) is 0 Å². The maximum atomic E-state index is 2.22. The molecule has 0 spiro atoms. The molecular weight excluding hydrogens is 195 g/mol. The Morgan fingerprint density at radius 2 is 1.75 bits per heavy atom. The first kappa shape index (κ1) is 11.0. The van der Waals surface area contributed by atoms with Crippen LogP contribution in [-0.2, 0) is 14.1 Å². The highest BCUT2D eigenvalue weighted by atomic mass is 15.1. The summed E-state index contributed by atoms with van der Waals surface area (Å²) < 4.78 is 4.45. The minimum Gasteiger partial charge on any atom is -0.277 e. The van der Waals surface area contributed by atoms with Gasteiger partial charge in [-0.15, -0.1) is 19.4 Å². The zero-order valence-electron chi connectivity index (χ0n) is 10.4. The molecule has 0 aliphatic heterocycles. The number of imidazole rings is 1. The largest absolute Gasteiger partial charge is 0.277 e. The smallest absolute Gasteiger partial charge is 0.139 e. The van der Waals surface area contributed by atoms with E-state index < -0.39 is 0 Å². The second kappa shape index (κ2) is 4.16. The lowest BCUT2D eigenvalue weighted by Crippen LogP contribution is -2.54. The quantitative estimate of drug-likeness (QED) is 0.494. The van der Waals surface area contributed by atoms with Gasteiger partial charge in [-0.05, 0) is 0 Å². The Bertz CT molecular complexity index is 475. The molecule has 0 saturated heterocycles. The molecule has 1 heterocycles. The van der Waals surface area contributed by atoms with Gasteiger partial charge in [-0.2, -0.15) is 0 Å². The second-order valence-electron chi connectivity index (χ2n) is 4.20. The van der Waals surface area contributed by atoms with Gasteiger partial charge in [-0.3, -0.25) is 14.6 Å². The van der Waals surface area contributed by atoms with Crippen molar-refractivity contribution in [1.82, 2.24) is 4.57 Å². The van der Waals surface area contributed by atoms with Gasteiger partial charge in [0, 0.05) is 19.6 Å². The first-order valence-electron chi connectivity index (χ1n) is 5.53. The van der Waals surface area contributed by atoms with Crippen molar-refractivity contribution in [3.05, 3.63) is 41.7 Å². The maximum Gasteiger partial charge on any atom is 0.139 e. The van der Waals surface area contributed by atoms with Crippen LogP contribution >= 0.6 is 0 Å². The Morgan fingerprint density at radius 3 is 2.25 bits per heavy atom. The van der Waals surface area contributed by atoms with Gasteiger partial charge in [-0.1, -0.05) is 18.2 Å². The molecule has 2 nitrogen and oxygen atoms in total. The van der Waals surface area contributed by atoms with Crippen LogP contribution in [0.25, 0.3) is 0 Å². The van der Waals surface area contributed by atoms with Crippen molar-refractivity contribution < 1.29 is 4.57 Å². The van der Waals surface area contributed by atoms with Crippen LogP contribution in [0.3, 0.4) is 0 Å². The monoisotopic (exact) mass is 212 g/mol. The Balaban J connectivity index is 2.39. The summed E-state index contributed by atoms with van der Waals surface area (Å²) >= 11 is 0. The summed E-state index contributed by atoms with van der Waals surface area (Å²) in [6.07, 6.45) is 0. The first-order chi connectivity index (χ1) is 7.61. The average Bonchev–Trinajstić information content (AvgIpc) is 2.48. The predicted octanol–water partition coefficient (Wildman–Crippen LogP) is 0.121. The fourth-order valence-electron chi connectivity index (χ4n) is 1.95. The molecule has 0 fully saturated rings. The highest BCUT2D eigenvalue weighted by Crippen LogP contribution is 1.97. The molecule has 0 atom stereocenters. The van der Waals surface area contributed by atoms with E-state index in [1.807, 2.05) is 6.07 Å². The van der Waals surface area contributed by atoms with Gasteiger partial charge in [0.05, 0.1) is 14.1 Å². The van der Waals surface area contributed by atoms with Crippen LogP contribution in [-0.4, -0.2) is 11.8 Å². The molecule has 0 saturated carbocycles. The lowest BCUT2D eigenvalue weighted by molar-refractivity contribution is -0.659. The van der Waals surface area contributed by atoms with E-state index >= 15 is 0 Å². The van der Waals surface area contributed by atoms with E-state index in [-0.39, 0.29) is 0 Å². The molecule has 1 aromatic heterocycles. The lowest BCUT2D eigenvalue weighted by atomic mass is 9.69. The van der Waals surface area contributed by atoms with Crippen molar-refractivity contribution in [3.8, 4) is 0 Å². The Hall–Kier alpha value is -1.51. The van der Waals surface area contributed by atoms with Crippen LogP contribution in [0.5, 0.6) is 0 Å². The molecule has 2 aromatic rings. The van der Waals surface area contributed by atoms with E-state index in [1.165, 1.54) is 22.6 Å². The predicted molar refractivity (Wildman–Crippen MR) is 67.5 cm³/mol. The van der Waals surface area contributed by atoms with E-state index in [0.29, 0.717) is 0 Å². The Labute approximate surface area is 97.8 Å². The average molecular weight is 212 g/mol. The third-order valence-corrected chi connectivity index (χ3v) is 3.31. The molecule has 0 aliphatic rings. The molecule has 0 aliphatic carbocycles. The maximum absolute atomic E-state index is 2.22. The topological polar surface area (TPSA) is 8.81 Å². The van der Waals surface area contributed by atoms with Crippen molar-refractivity contribution in [2.45, 2.75) is 13.8 Å². The Morgan fingerprint density at radius 1 is 1.12 bits per heavy atom. The summed E-state index contributed by atoms with van der Waals surface area (Å²) in [5.41, 5.74) is 5.08. The molecule has 16 heavy (non-hydrogen) atoms. The van der Waals surface area contributed by atoms with Gasteiger partial charge in [0.2, 0.25) is 0 Å². The molecule has 0 N–H and O–H groups in total. The minimum atomic E-state index is 1.22. The van der Waals surface area contributed by atoms with Crippen LogP contribution in [0.15, 0.2) is 30.3 Å². The summed E-state index contributed by atoms with van der Waals surface area (Å²) in [6.45, 7) is 4.30. The summed E-state index contributed by atoms with van der Waals surface area (Å²) in [5, 5.41) is 0. The molecule has 0 bridgehead atoms. The van der Waals surface area contributed by atoms with Crippen molar-refractivity contribution in [2.24, 2.45) is 14.1 Å². The number of rotatable bonds is 2. The van der Waals surface area contributed by atoms with Gasteiger partial charge in [0.25, 0.3) is 0 Å². The normalized spacial score (nSPS) is 10.8. The molecule has 0 unspecified atom stereocenters. The molecule has 1 aromatic carbocycles. The molecule has 2 radical (unpaired) electrons. The van der Waals surface area contributed by atoms with Gasteiger partial charge < -0.3 is 0 Å². The zero-order chi connectivity index (χ0) is 11.7. The second-order valence-corrected chi connectivity index (χ2v) is 4.20. The van der Waals surface area contributed by atoms with E-state index in [2.05, 4.69) is 68.6 Å². The molecule has 3 heteroatoms. The molecule has 0 amide bonds. The first-order valence-corrected chi connectivity index (χ1v) is 5.53. The van der Waals surface area contributed by atoms with Crippen LogP contribution in [0.1, 0.15) is 11.4 Å². The summed E-state index contributed by atoms with van der Waals surface area (Å²) in [6, 6.07) is 10.4. The van der Waals surface area contributed by atoms with Crippen molar-refractivity contribution in [1.29, 1.82) is 0 Å². The number of nitrogens with zero attached hydrogens (tertiary/aromatic N) is 2. The van der Waals surface area contributed by atoms with Crippen LogP contribution < -0.4 is 15.8 Å². The number of benzene rings is 1. The third-order valence-electron chi connectivity index (χ3n) is 3.31. The van der Waals surface area contributed by atoms with Crippen LogP contribution in [0.2, 0.25) is 0 Å². The fourth-order valence-corrected chi connectivity index (χ4v) is 1.95. The highest BCUT2D eigenvalue weighted by Gasteiger charge is 2.11. The molecule has 82 valence electrons. The molecule has 2 rings (SSSR count). The van der Waals surface area contributed by atoms with Crippen molar-refractivity contribution in [3.63, 3.8) is 0 Å². The van der Waals surface area contributed by atoms with Gasteiger partial charge in [0.1, 0.15) is 11.4 Å². The lowest BCUT2D eigenvalue weighted by Gasteiger charge is -2.14. The highest BCUT2D eigenvalue weighted by molar-refractivity contribution is 6.65. The number of hydrogen-bond donors (Lipinski definition) is 0. The number of hydrogen-bond acceptors (Lipinski definition) is 0. The van der Waals surface area contributed by atoms with Crippen LogP contribution in [0.4, 0.5) is 0 Å². The zero-order valence-corrected chi connectivity index (χ0v) is 10.4. The van der Waals surface area contributed by atoms with Gasteiger partial charge >= 0.3 is 0 Å². The Kier molecular flexibility index (Phi) is 2.86. The van der Waals surface area contributed by atoms with E-state index in [1.54, 1.807) is 0 Å².